The standard InChI is InChI=1S/C16H20N4O3/c1-3-20-13(11(2)17-18-20)10-19-8-9-23-14-7-5-4-6-12(14)15(19)16(21)22/h4-7,15H,3,8-10H2,1-2H3,(H,21,22). The minimum absolute atomic E-state index is 0.452. The van der Waals surface area contributed by atoms with Gasteiger partial charge in [-0.15, -0.1) is 5.10 Å². The molecule has 23 heavy (non-hydrogen) atoms. The number of nitrogens with zero attached hydrogens (tertiary/aromatic N) is 4. The predicted molar refractivity (Wildman–Crippen MR) is 83.2 cm³/mol. The van der Waals surface area contributed by atoms with Gasteiger partial charge < -0.3 is 9.84 Å². The molecule has 1 aliphatic heterocycles. The number of carboxylic acids is 1. The van der Waals surface area contributed by atoms with Crippen molar-refractivity contribution in [1.82, 2.24) is 19.9 Å². The van der Waals surface area contributed by atoms with Crippen molar-refractivity contribution in [3.05, 3.63) is 41.2 Å². The molecule has 122 valence electrons. The van der Waals surface area contributed by atoms with E-state index in [1.54, 1.807) is 0 Å². The molecule has 3 rings (SSSR count). The molecule has 0 bridgehead atoms. The van der Waals surface area contributed by atoms with Crippen LogP contribution in [0.15, 0.2) is 24.3 Å². The maximum absolute atomic E-state index is 11.9. The third-order valence-electron chi connectivity index (χ3n) is 4.13. The molecule has 0 aliphatic carbocycles. The van der Waals surface area contributed by atoms with Gasteiger partial charge in [0.05, 0.1) is 11.4 Å². The van der Waals surface area contributed by atoms with Crippen molar-refractivity contribution in [3.63, 3.8) is 0 Å². The number of benzene rings is 1. The fraction of sp³-hybridized carbons (Fsp3) is 0.438. The number of fused-ring (bicyclic) bond motifs is 1. The quantitative estimate of drug-likeness (QED) is 0.923. The third kappa shape index (κ3) is 2.92. The molecule has 1 aromatic carbocycles. The van der Waals surface area contributed by atoms with E-state index in [0.717, 1.165) is 11.4 Å². The van der Waals surface area contributed by atoms with Crippen LogP contribution >= 0.6 is 0 Å². The van der Waals surface area contributed by atoms with Crippen LogP contribution in [0.4, 0.5) is 0 Å². The summed E-state index contributed by atoms with van der Waals surface area (Å²) in [5, 5.41) is 18.0. The van der Waals surface area contributed by atoms with Gasteiger partial charge in [0.25, 0.3) is 0 Å². The van der Waals surface area contributed by atoms with Crippen LogP contribution in [0, 0.1) is 6.92 Å². The van der Waals surface area contributed by atoms with Crippen molar-refractivity contribution in [3.8, 4) is 5.75 Å². The van der Waals surface area contributed by atoms with E-state index in [0.29, 0.717) is 37.6 Å². The van der Waals surface area contributed by atoms with E-state index in [4.69, 9.17) is 4.74 Å². The lowest BCUT2D eigenvalue weighted by Crippen LogP contribution is -2.35. The van der Waals surface area contributed by atoms with Crippen molar-refractivity contribution >= 4 is 5.97 Å². The number of para-hydroxylation sites is 1. The molecule has 0 fully saturated rings. The number of hydrogen-bond donors (Lipinski definition) is 1. The van der Waals surface area contributed by atoms with Crippen LogP contribution in [0.3, 0.4) is 0 Å². The number of ether oxygens (including phenoxy) is 1. The van der Waals surface area contributed by atoms with E-state index in [2.05, 4.69) is 10.3 Å². The first kappa shape index (κ1) is 15.5. The Hall–Kier alpha value is -2.41. The summed E-state index contributed by atoms with van der Waals surface area (Å²) in [4.78, 5) is 13.8. The van der Waals surface area contributed by atoms with Gasteiger partial charge in [0.15, 0.2) is 0 Å². The van der Waals surface area contributed by atoms with Crippen LogP contribution in [0.5, 0.6) is 5.75 Å². The Kier molecular flexibility index (Phi) is 4.29. The summed E-state index contributed by atoms with van der Waals surface area (Å²) in [7, 11) is 0. The van der Waals surface area contributed by atoms with Gasteiger partial charge in [-0.25, -0.2) is 4.68 Å². The second-order valence-corrected chi connectivity index (χ2v) is 5.53. The van der Waals surface area contributed by atoms with E-state index in [9.17, 15) is 9.90 Å². The van der Waals surface area contributed by atoms with Crippen LogP contribution in [-0.2, 0) is 17.9 Å². The van der Waals surface area contributed by atoms with E-state index < -0.39 is 12.0 Å². The maximum Gasteiger partial charge on any atom is 0.325 e. The summed E-state index contributed by atoms with van der Waals surface area (Å²) in [6.45, 7) is 6.04. The van der Waals surface area contributed by atoms with Crippen LogP contribution in [0.1, 0.15) is 29.9 Å². The zero-order valence-electron chi connectivity index (χ0n) is 13.3. The van der Waals surface area contributed by atoms with Crippen molar-refractivity contribution in [2.45, 2.75) is 33.0 Å². The molecule has 2 aromatic rings. The van der Waals surface area contributed by atoms with Crippen molar-refractivity contribution in [2.75, 3.05) is 13.2 Å². The molecule has 7 nitrogen and oxygen atoms in total. The first-order valence-electron chi connectivity index (χ1n) is 7.69. The molecular formula is C16H20N4O3. The van der Waals surface area contributed by atoms with Crippen LogP contribution < -0.4 is 4.74 Å². The monoisotopic (exact) mass is 316 g/mol. The second-order valence-electron chi connectivity index (χ2n) is 5.53. The zero-order chi connectivity index (χ0) is 16.4. The van der Waals surface area contributed by atoms with E-state index >= 15 is 0 Å². The lowest BCUT2D eigenvalue weighted by Gasteiger charge is -2.26. The van der Waals surface area contributed by atoms with Gasteiger partial charge in [0.2, 0.25) is 0 Å². The molecule has 1 N–H and O–H groups in total. The highest BCUT2D eigenvalue weighted by molar-refractivity contribution is 5.77. The molecule has 0 spiro atoms. The molecule has 1 aromatic heterocycles. The first-order valence-corrected chi connectivity index (χ1v) is 7.69. The summed E-state index contributed by atoms with van der Waals surface area (Å²) >= 11 is 0. The highest BCUT2D eigenvalue weighted by Crippen LogP contribution is 2.33. The van der Waals surface area contributed by atoms with Gasteiger partial charge in [0, 0.05) is 25.2 Å². The SMILES string of the molecule is CCn1nnc(C)c1CN1CCOc2ccccc2C1C(=O)O. The fourth-order valence-corrected chi connectivity index (χ4v) is 2.96. The number of aromatic nitrogens is 3. The molecule has 1 aliphatic rings. The Morgan fingerprint density at radius 2 is 2.22 bits per heavy atom. The fourth-order valence-electron chi connectivity index (χ4n) is 2.96. The van der Waals surface area contributed by atoms with E-state index in [-0.39, 0.29) is 0 Å². The van der Waals surface area contributed by atoms with Crippen molar-refractivity contribution in [2.24, 2.45) is 0 Å². The second kappa shape index (κ2) is 6.37. The number of hydrogen-bond acceptors (Lipinski definition) is 5. The third-order valence-corrected chi connectivity index (χ3v) is 4.13. The molecule has 0 radical (unpaired) electrons. The predicted octanol–water partition coefficient (Wildman–Crippen LogP) is 1.63. The first-order chi connectivity index (χ1) is 11.1. The molecule has 2 heterocycles. The number of carbonyl (C=O) groups is 1. The molecule has 0 saturated carbocycles. The number of aliphatic carboxylic acids is 1. The summed E-state index contributed by atoms with van der Waals surface area (Å²) in [5.41, 5.74) is 2.46. The largest absolute Gasteiger partial charge is 0.492 e. The maximum atomic E-state index is 11.9. The topological polar surface area (TPSA) is 80.5 Å². The minimum Gasteiger partial charge on any atom is -0.492 e. The smallest absolute Gasteiger partial charge is 0.325 e. The highest BCUT2D eigenvalue weighted by atomic mass is 16.5. The average molecular weight is 316 g/mol. The van der Waals surface area contributed by atoms with Gasteiger partial charge in [0.1, 0.15) is 18.4 Å². The normalized spacial score (nSPS) is 18.1. The molecular weight excluding hydrogens is 296 g/mol. The van der Waals surface area contributed by atoms with E-state index in [1.165, 1.54) is 0 Å². The van der Waals surface area contributed by atoms with Crippen molar-refractivity contribution in [1.29, 1.82) is 0 Å². The molecule has 0 amide bonds. The Morgan fingerprint density at radius 3 is 2.96 bits per heavy atom. The summed E-state index contributed by atoms with van der Waals surface area (Å²) in [6, 6.07) is 6.58. The summed E-state index contributed by atoms with van der Waals surface area (Å²) in [6.07, 6.45) is 0. The van der Waals surface area contributed by atoms with Gasteiger partial charge in [-0.05, 0) is 19.9 Å². The Morgan fingerprint density at radius 1 is 1.43 bits per heavy atom. The highest BCUT2D eigenvalue weighted by Gasteiger charge is 2.33. The van der Waals surface area contributed by atoms with Crippen molar-refractivity contribution < 1.29 is 14.6 Å². The number of carboxylic acid groups (broad SMARTS) is 1. The lowest BCUT2D eigenvalue weighted by atomic mass is 10.0. The number of aryl methyl sites for hydroxylation is 2. The molecule has 1 unspecified atom stereocenters. The zero-order valence-corrected chi connectivity index (χ0v) is 13.3. The van der Waals surface area contributed by atoms with Crippen LogP contribution in [0.2, 0.25) is 0 Å². The number of rotatable bonds is 4. The van der Waals surface area contributed by atoms with Gasteiger partial charge >= 0.3 is 5.97 Å². The Balaban J connectivity index is 1.97. The summed E-state index contributed by atoms with van der Waals surface area (Å²) in [5.74, 6) is -0.239. The summed E-state index contributed by atoms with van der Waals surface area (Å²) < 4.78 is 7.53. The van der Waals surface area contributed by atoms with E-state index in [1.807, 2.05) is 47.7 Å². The Labute approximate surface area is 134 Å². The molecule has 7 heteroatoms. The molecule has 1 atom stereocenters. The van der Waals surface area contributed by atoms with Crippen LogP contribution in [0.25, 0.3) is 0 Å². The average Bonchev–Trinajstić information content (AvgIpc) is 2.78. The Bertz CT molecular complexity index is 713. The van der Waals surface area contributed by atoms with Crippen LogP contribution in [-0.4, -0.2) is 44.1 Å². The van der Waals surface area contributed by atoms with Gasteiger partial charge in [-0.3, -0.25) is 9.69 Å². The van der Waals surface area contributed by atoms with Gasteiger partial charge in [-0.2, -0.15) is 0 Å². The minimum atomic E-state index is -0.879. The van der Waals surface area contributed by atoms with Gasteiger partial charge in [-0.1, -0.05) is 23.4 Å². The molecule has 0 saturated heterocycles. The lowest BCUT2D eigenvalue weighted by molar-refractivity contribution is -0.143.